The maximum atomic E-state index is 11.8. The molecule has 6 heteroatoms. The van der Waals surface area contributed by atoms with Gasteiger partial charge < -0.3 is 19.7 Å². The number of nitrogens with zero attached hydrogens (tertiary/aromatic N) is 1. The summed E-state index contributed by atoms with van der Waals surface area (Å²) in [6.45, 7) is 1.85. The second kappa shape index (κ2) is 5.07. The van der Waals surface area contributed by atoms with E-state index in [-0.39, 0.29) is 24.8 Å². The Hall–Kier alpha value is -1.40. The summed E-state index contributed by atoms with van der Waals surface area (Å²) in [5.41, 5.74) is -0.835. The van der Waals surface area contributed by atoms with E-state index in [1.807, 2.05) is 0 Å². The van der Waals surface area contributed by atoms with Crippen molar-refractivity contribution < 1.29 is 19.2 Å². The minimum absolute atomic E-state index is 0.102. The molecule has 1 unspecified atom stereocenters. The van der Waals surface area contributed by atoms with Gasteiger partial charge in [-0.25, -0.2) is 0 Å². The summed E-state index contributed by atoms with van der Waals surface area (Å²) in [6.07, 6.45) is 2.19. The van der Waals surface area contributed by atoms with Crippen LogP contribution >= 0.6 is 0 Å². The predicted molar refractivity (Wildman–Crippen MR) is 63.3 cm³/mol. The lowest BCUT2D eigenvalue weighted by Gasteiger charge is -2.22. The summed E-state index contributed by atoms with van der Waals surface area (Å²) in [6, 6.07) is 1.66. The lowest BCUT2D eigenvalue weighted by atomic mass is 10.1. The van der Waals surface area contributed by atoms with E-state index in [2.05, 4.69) is 10.5 Å². The fraction of sp³-hybridized carbons (Fsp3) is 0.667. The number of aliphatic hydroxyl groups is 1. The number of hydrogen-bond acceptors (Lipinski definition) is 5. The van der Waals surface area contributed by atoms with Crippen LogP contribution in [0.3, 0.4) is 0 Å². The van der Waals surface area contributed by atoms with E-state index >= 15 is 0 Å². The van der Waals surface area contributed by atoms with Crippen molar-refractivity contribution in [1.82, 2.24) is 10.5 Å². The van der Waals surface area contributed by atoms with Crippen molar-refractivity contribution in [2.45, 2.75) is 31.3 Å². The van der Waals surface area contributed by atoms with Crippen LogP contribution in [0.15, 0.2) is 10.6 Å². The van der Waals surface area contributed by atoms with Gasteiger partial charge in [-0.2, -0.15) is 0 Å². The molecule has 1 heterocycles. The Bertz CT molecular complexity index is 423. The number of carbonyl (C=O) groups is 1. The fourth-order valence-corrected chi connectivity index (χ4v) is 1.68. The van der Waals surface area contributed by atoms with Gasteiger partial charge in [0.2, 0.25) is 0 Å². The Morgan fingerprint density at radius 1 is 1.72 bits per heavy atom. The SMILES string of the molecule is COCC(C)(O)CNC(=O)c1cc(C2CC2)on1. The Morgan fingerprint density at radius 3 is 3.06 bits per heavy atom. The summed E-state index contributed by atoms with van der Waals surface area (Å²) in [7, 11) is 1.50. The van der Waals surface area contributed by atoms with E-state index in [4.69, 9.17) is 9.26 Å². The smallest absolute Gasteiger partial charge is 0.273 e. The summed E-state index contributed by atoms with van der Waals surface area (Å²) in [4.78, 5) is 11.8. The number of ether oxygens (including phenoxy) is 1. The first kappa shape index (κ1) is 13.0. The first-order valence-corrected chi connectivity index (χ1v) is 5.98. The van der Waals surface area contributed by atoms with Crippen LogP contribution in [0.2, 0.25) is 0 Å². The molecule has 1 aromatic rings. The molecular weight excluding hydrogens is 236 g/mol. The minimum atomic E-state index is -1.09. The van der Waals surface area contributed by atoms with Gasteiger partial charge in [0.15, 0.2) is 5.69 Å². The maximum absolute atomic E-state index is 11.8. The molecule has 0 radical (unpaired) electrons. The van der Waals surface area contributed by atoms with Gasteiger partial charge in [-0.15, -0.1) is 0 Å². The van der Waals surface area contributed by atoms with Crippen LogP contribution in [0.5, 0.6) is 0 Å². The highest BCUT2D eigenvalue weighted by molar-refractivity contribution is 5.92. The molecule has 1 saturated carbocycles. The van der Waals surface area contributed by atoms with E-state index in [0.29, 0.717) is 5.92 Å². The van der Waals surface area contributed by atoms with Crippen LogP contribution in [-0.4, -0.2) is 42.0 Å². The number of amides is 1. The number of aromatic nitrogens is 1. The second-order valence-electron chi connectivity index (χ2n) is 5.00. The molecule has 0 aromatic carbocycles. The van der Waals surface area contributed by atoms with Crippen molar-refractivity contribution in [2.24, 2.45) is 0 Å². The van der Waals surface area contributed by atoms with Gasteiger partial charge in [-0.3, -0.25) is 4.79 Å². The monoisotopic (exact) mass is 254 g/mol. The molecule has 1 aromatic heterocycles. The maximum Gasteiger partial charge on any atom is 0.273 e. The highest BCUT2D eigenvalue weighted by atomic mass is 16.5. The average molecular weight is 254 g/mol. The molecule has 2 rings (SSSR count). The zero-order valence-corrected chi connectivity index (χ0v) is 10.6. The number of methoxy groups -OCH3 is 1. The quantitative estimate of drug-likeness (QED) is 0.779. The van der Waals surface area contributed by atoms with Gasteiger partial charge in [0.1, 0.15) is 11.4 Å². The summed E-state index contributed by atoms with van der Waals surface area (Å²) < 4.78 is 9.94. The molecule has 0 saturated heterocycles. The third kappa shape index (κ3) is 3.30. The molecule has 100 valence electrons. The van der Waals surface area contributed by atoms with Crippen LogP contribution in [0.4, 0.5) is 0 Å². The molecule has 18 heavy (non-hydrogen) atoms. The third-order valence-electron chi connectivity index (χ3n) is 2.83. The summed E-state index contributed by atoms with van der Waals surface area (Å²) in [5, 5.41) is 16.2. The van der Waals surface area contributed by atoms with Crippen molar-refractivity contribution in [3.63, 3.8) is 0 Å². The van der Waals surface area contributed by atoms with E-state index in [1.165, 1.54) is 7.11 Å². The molecule has 1 amide bonds. The molecule has 6 nitrogen and oxygen atoms in total. The second-order valence-corrected chi connectivity index (χ2v) is 5.00. The molecule has 0 spiro atoms. The molecule has 1 aliphatic rings. The van der Waals surface area contributed by atoms with Crippen LogP contribution in [-0.2, 0) is 4.74 Å². The molecule has 0 aliphatic heterocycles. The van der Waals surface area contributed by atoms with E-state index in [1.54, 1.807) is 13.0 Å². The highest BCUT2D eigenvalue weighted by Gasteiger charge is 2.29. The molecule has 2 N–H and O–H groups in total. The zero-order chi connectivity index (χ0) is 13.2. The lowest BCUT2D eigenvalue weighted by molar-refractivity contribution is -0.0147. The predicted octanol–water partition coefficient (Wildman–Crippen LogP) is 0.679. The van der Waals surface area contributed by atoms with E-state index in [0.717, 1.165) is 18.6 Å². The van der Waals surface area contributed by atoms with Gasteiger partial charge >= 0.3 is 0 Å². The lowest BCUT2D eigenvalue weighted by Crippen LogP contribution is -2.43. The van der Waals surface area contributed by atoms with Crippen molar-refractivity contribution in [2.75, 3.05) is 20.3 Å². The normalized spacial score (nSPS) is 18.4. The van der Waals surface area contributed by atoms with Gasteiger partial charge in [0.05, 0.1) is 6.61 Å². The first-order chi connectivity index (χ1) is 8.52. The number of carbonyl (C=O) groups excluding carboxylic acids is 1. The van der Waals surface area contributed by atoms with Crippen molar-refractivity contribution in [1.29, 1.82) is 0 Å². The summed E-state index contributed by atoms with van der Waals surface area (Å²) >= 11 is 0. The zero-order valence-electron chi connectivity index (χ0n) is 10.6. The molecule has 1 aliphatic carbocycles. The van der Waals surface area contributed by atoms with Crippen molar-refractivity contribution >= 4 is 5.91 Å². The topological polar surface area (TPSA) is 84.6 Å². The van der Waals surface area contributed by atoms with Crippen LogP contribution < -0.4 is 5.32 Å². The molecule has 1 atom stereocenters. The van der Waals surface area contributed by atoms with Crippen LogP contribution in [0, 0.1) is 0 Å². The van der Waals surface area contributed by atoms with E-state index < -0.39 is 5.60 Å². The van der Waals surface area contributed by atoms with Gasteiger partial charge in [0, 0.05) is 25.6 Å². The summed E-state index contributed by atoms with van der Waals surface area (Å²) in [5.74, 6) is 0.849. The Balaban J connectivity index is 1.86. The Labute approximate surface area is 105 Å². The standard InChI is InChI=1S/C12H18N2O4/c1-12(16,7-17-2)6-13-11(15)9-5-10(18-14-9)8-3-4-8/h5,8,16H,3-4,6-7H2,1-2H3,(H,13,15). The highest BCUT2D eigenvalue weighted by Crippen LogP contribution is 2.40. The molecule has 1 fully saturated rings. The number of hydrogen-bond donors (Lipinski definition) is 2. The van der Waals surface area contributed by atoms with Crippen LogP contribution in [0.25, 0.3) is 0 Å². The van der Waals surface area contributed by atoms with Gasteiger partial charge in [-0.1, -0.05) is 5.16 Å². The molecule has 0 bridgehead atoms. The fourth-order valence-electron chi connectivity index (χ4n) is 1.68. The Morgan fingerprint density at radius 2 is 2.44 bits per heavy atom. The minimum Gasteiger partial charge on any atom is -0.386 e. The molecular formula is C12H18N2O4. The Kier molecular flexibility index (Phi) is 3.68. The third-order valence-corrected chi connectivity index (χ3v) is 2.83. The van der Waals surface area contributed by atoms with Crippen LogP contribution in [0.1, 0.15) is 41.9 Å². The van der Waals surface area contributed by atoms with Crippen molar-refractivity contribution in [3.05, 3.63) is 17.5 Å². The van der Waals surface area contributed by atoms with Crippen molar-refractivity contribution in [3.8, 4) is 0 Å². The van der Waals surface area contributed by atoms with Gasteiger partial charge in [0.25, 0.3) is 5.91 Å². The van der Waals surface area contributed by atoms with E-state index in [9.17, 15) is 9.90 Å². The number of rotatable bonds is 6. The largest absolute Gasteiger partial charge is 0.386 e. The van der Waals surface area contributed by atoms with Gasteiger partial charge in [-0.05, 0) is 19.8 Å². The average Bonchev–Trinajstić information content (AvgIpc) is 3.04. The number of nitrogens with one attached hydrogen (secondary N) is 1. The first-order valence-electron chi connectivity index (χ1n) is 5.98.